The molecule has 1 aromatic heterocycles. The number of ether oxygens (including phenoxy) is 1. The van der Waals surface area contributed by atoms with E-state index in [0.29, 0.717) is 28.6 Å². The Morgan fingerprint density at radius 1 is 1.24 bits per heavy atom. The molecule has 0 spiro atoms. The zero-order chi connectivity index (χ0) is 24.0. The van der Waals surface area contributed by atoms with Crippen LogP contribution in [0.15, 0.2) is 53.9 Å². The molecule has 172 valence electrons. The number of nitrogens with zero attached hydrogens (tertiary/aromatic N) is 2. The summed E-state index contributed by atoms with van der Waals surface area (Å²) in [5, 5.41) is 6.06. The Hall–Kier alpha value is -3.16. The van der Waals surface area contributed by atoms with Gasteiger partial charge in [-0.15, -0.1) is 11.3 Å². The van der Waals surface area contributed by atoms with Crippen LogP contribution < -0.4 is 10.1 Å². The van der Waals surface area contributed by atoms with Crippen LogP contribution in [0.1, 0.15) is 40.5 Å². The van der Waals surface area contributed by atoms with E-state index >= 15 is 0 Å². The molecule has 33 heavy (non-hydrogen) atoms. The third-order valence-electron chi connectivity index (χ3n) is 4.90. The van der Waals surface area contributed by atoms with Gasteiger partial charge in [0.15, 0.2) is 0 Å². The van der Waals surface area contributed by atoms with Gasteiger partial charge in [0.05, 0.1) is 21.4 Å². The molecule has 6 nitrogen and oxygen atoms in total. The summed E-state index contributed by atoms with van der Waals surface area (Å²) in [6, 6.07) is 12.3. The molecule has 0 radical (unpaired) electrons. The average Bonchev–Trinajstić information content (AvgIpc) is 3.22. The third kappa shape index (κ3) is 6.91. The van der Waals surface area contributed by atoms with E-state index in [1.54, 1.807) is 47.6 Å². The quantitative estimate of drug-likeness (QED) is 0.410. The Kier molecular flexibility index (Phi) is 8.25. The lowest BCUT2D eigenvalue weighted by Crippen LogP contribution is -2.33. The molecular formula is C25H26ClN3O3S. The molecule has 1 heterocycles. The summed E-state index contributed by atoms with van der Waals surface area (Å²) < 4.78 is 5.79. The molecule has 0 aliphatic rings. The van der Waals surface area contributed by atoms with Crippen molar-refractivity contribution in [1.82, 2.24) is 9.88 Å². The van der Waals surface area contributed by atoms with Crippen LogP contribution in [-0.2, 0) is 11.4 Å². The van der Waals surface area contributed by atoms with Gasteiger partial charge in [-0.05, 0) is 62.7 Å². The largest absolute Gasteiger partial charge is 0.487 e. The fraction of sp³-hybridized carbons (Fsp3) is 0.240. The van der Waals surface area contributed by atoms with Gasteiger partial charge in [0, 0.05) is 30.1 Å². The van der Waals surface area contributed by atoms with Crippen LogP contribution in [0.3, 0.4) is 0 Å². The lowest BCUT2D eigenvalue weighted by Gasteiger charge is -2.21. The molecule has 1 N–H and O–H groups in total. The number of amides is 2. The summed E-state index contributed by atoms with van der Waals surface area (Å²) in [6.45, 7) is 6.20. The van der Waals surface area contributed by atoms with Crippen LogP contribution in [-0.4, -0.2) is 34.8 Å². The molecule has 3 rings (SSSR count). The number of carbonyl (C=O) groups excluding carboxylic acids is 2. The third-order valence-corrected chi connectivity index (χ3v) is 6.06. The molecular weight excluding hydrogens is 458 g/mol. The number of benzene rings is 2. The van der Waals surface area contributed by atoms with Crippen molar-refractivity contribution in [3.63, 3.8) is 0 Å². The Bertz CT molecular complexity index is 1170. The first kappa shape index (κ1) is 24.5. The van der Waals surface area contributed by atoms with Crippen LogP contribution in [0.4, 0.5) is 5.69 Å². The topological polar surface area (TPSA) is 71.5 Å². The Morgan fingerprint density at radius 2 is 2.03 bits per heavy atom. The van der Waals surface area contributed by atoms with E-state index in [1.165, 1.54) is 6.08 Å². The normalized spacial score (nSPS) is 11.1. The molecule has 0 aliphatic carbocycles. The van der Waals surface area contributed by atoms with E-state index in [2.05, 4.69) is 10.3 Å². The predicted molar refractivity (Wildman–Crippen MR) is 134 cm³/mol. The zero-order valence-corrected chi connectivity index (χ0v) is 20.5. The monoisotopic (exact) mass is 483 g/mol. The van der Waals surface area contributed by atoms with E-state index in [-0.39, 0.29) is 17.9 Å². The van der Waals surface area contributed by atoms with Crippen molar-refractivity contribution >= 4 is 46.5 Å². The SMILES string of the molecule is Cc1nc(COc2cccc(C=CC(=O)Nc3cc(C(=O)N(C)C(C)C)ccc3Cl)c2)cs1. The molecule has 0 atom stereocenters. The van der Waals surface area contributed by atoms with Crippen LogP contribution in [0.25, 0.3) is 6.08 Å². The van der Waals surface area contributed by atoms with Gasteiger partial charge in [0.2, 0.25) is 5.91 Å². The predicted octanol–water partition coefficient (Wildman–Crippen LogP) is 5.82. The molecule has 0 aliphatic heterocycles. The van der Waals surface area contributed by atoms with Crippen LogP contribution in [0.5, 0.6) is 5.75 Å². The smallest absolute Gasteiger partial charge is 0.253 e. The highest BCUT2D eigenvalue weighted by Gasteiger charge is 2.16. The van der Waals surface area contributed by atoms with Gasteiger partial charge in [-0.1, -0.05) is 23.7 Å². The van der Waals surface area contributed by atoms with Crippen molar-refractivity contribution in [1.29, 1.82) is 0 Å². The molecule has 0 fully saturated rings. The maximum absolute atomic E-state index is 12.6. The van der Waals surface area contributed by atoms with Crippen LogP contribution >= 0.6 is 22.9 Å². The van der Waals surface area contributed by atoms with Crippen molar-refractivity contribution in [2.24, 2.45) is 0 Å². The Balaban J connectivity index is 1.64. The van der Waals surface area contributed by atoms with E-state index in [1.807, 2.05) is 50.4 Å². The first-order valence-electron chi connectivity index (χ1n) is 10.4. The summed E-state index contributed by atoms with van der Waals surface area (Å²) in [6.07, 6.45) is 3.10. The van der Waals surface area contributed by atoms with Gasteiger partial charge in [-0.3, -0.25) is 9.59 Å². The highest BCUT2D eigenvalue weighted by Crippen LogP contribution is 2.24. The van der Waals surface area contributed by atoms with Crippen molar-refractivity contribution in [2.75, 3.05) is 12.4 Å². The van der Waals surface area contributed by atoms with Crippen molar-refractivity contribution in [3.8, 4) is 5.75 Å². The second-order valence-electron chi connectivity index (χ2n) is 7.75. The lowest BCUT2D eigenvalue weighted by atomic mass is 10.1. The lowest BCUT2D eigenvalue weighted by molar-refractivity contribution is -0.111. The second-order valence-corrected chi connectivity index (χ2v) is 9.22. The molecule has 3 aromatic rings. The summed E-state index contributed by atoms with van der Waals surface area (Å²) in [4.78, 5) is 31.0. The van der Waals surface area contributed by atoms with E-state index in [9.17, 15) is 9.59 Å². The van der Waals surface area contributed by atoms with Gasteiger partial charge in [0.25, 0.3) is 5.91 Å². The van der Waals surface area contributed by atoms with Gasteiger partial charge >= 0.3 is 0 Å². The van der Waals surface area contributed by atoms with Crippen molar-refractivity contribution in [2.45, 2.75) is 33.4 Å². The zero-order valence-electron chi connectivity index (χ0n) is 19.0. The standard InChI is InChI=1S/C25H26ClN3O3S/c1-16(2)29(4)25(31)19-9-10-22(26)23(13-19)28-24(30)11-8-18-6-5-7-21(12-18)32-14-20-15-33-17(3)27-20/h5-13,15-16H,14H2,1-4H3,(H,28,30). The Morgan fingerprint density at radius 3 is 2.73 bits per heavy atom. The minimum absolute atomic E-state index is 0.0551. The molecule has 2 amide bonds. The number of hydrogen-bond donors (Lipinski definition) is 1. The van der Waals surface area contributed by atoms with Crippen molar-refractivity contribution < 1.29 is 14.3 Å². The molecule has 0 saturated heterocycles. The van der Waals surface area contributed by atoms with Crippen LogP contribution in [0.2, 0.25) is 5.02 Å². The van der Waals surface area contributed by atoms with Crippen LogP contribution in [0, 0.1) is 6.92 Å². The molecule has 0 saturated carbocycles. The summed E-state index contributed by atoms with van der Waals surface area (Å²) in [7, 11) is 1.73. The van der Waals surface area contributed by atoms with E-state index < -0.39 is 0 Å². The number of carbonyl (C=O) groups is 2. The second kappa shape index (κ2) is 11.1. The Labute approximate surface area is 202 Å². The summed E-state index contributed by atoms with van der Waals surface area (Å²) in [5.74, 6) is 0.187. The van der Waals surface area contributed by atoms with Gasteiger partial charge in [0.1, 0.15) is 12.4 Å². The van der Waals surface area contributed by atoms with Gasteiger partial charge < -0.3 is 15.0 Å². The highest BCUT2D eigenvalue weighted by atomic mass is 35.5. The minimum Gasteiger partial charge on any atom is -0.487 e. The number of rotatable bonds is 8. The van der Waals surface area contributed by atoms with Gasteiger partial charge in [-0.2, -0.15) is 0 Å². The molecule has 0 unspecified atom stereocenters. The minimum atomic E-state index is -0.358. The number of anilines is 1. The number of nitrogens with one attached hydrogen (secondary N) is 1. The fourth-order valence-corrected chi connectivity index (χ4v) is 3.64. The van der Waals surface area contributed by atoms with E-state index in [4.69, 9.17) is 16.3 Å². The fourth-order valence-electron chi connectivity index (χ4n) is 2.88. The maximum Gasteiger partial charge on any atom is 0.253 e. The number of halogens is 1. The number of hydrogen-bond acceptors (Lipinski definition) is 5. The molecule has 8 heteroatoms. The van der Waals surface area contributed by atoms with Crippen molar-refractivity contribution in [3.05, 3.63) is 80.8 Å². The average molecular weight is 484 g/mol. The maximum atomic E-state index is 12.6. The first-order chi connectivity index (χ1) is 15.7. The molecule has 0 bridgehead atoms. The number of aromatic nitrogens is 1. The van der Waals surface area contributed by atoms with Gasteiger partial charge in [-0.25, -0.2) is 4.98 Å². The summed E-state index contributed by atoms with van der Waals surface area (Å²) >= 11 is 7.81. The summed E-state index contributed by atoms with van der Waals surface area (Å²) in [5.41, 5.74) is 2.53. The highest BCUT2D eigenvalue weighted by molar-refractivity contribution is 7.09. The first-order valence-corrected chi connectivity index (χ1v) is 11.7. The van der Waals surface area contributed by atoms with E-state index in [0.717, 1.165) is 16.3 Å². The molecule has 2 aromatic carbocycles. The number of aryl methyl sites for hydroxylation is 1. The number of thiazole rings is 1.